The van der Waals surface area contributed by atoms with Gasteiger partial charge >= 0.3 is 0 Å². The van der Waals surface area contributed by atoms with Crippen LogP contribution < -0.4 is 5.30 Å². The maximum atomic E-state index is 2.35. The molecule has 93 valence electrons. The first-order valence-electron chi connectivity index (χ1n) is 7.09. The van der Waals surface area contributed by atoms with Crippen LogP contribution in [0.5, 0.6) is 0 Å². The van der Waals surface area contributed by atoms with Gasteiger partial charge in [0.25, 0.3) is 0 Å². The van der Waals surface area contributed by atoms with Crippen molar-refractivity contribution in [3.8, 4) is 0 Å². The maximum Gasteiger partial charge on any atom is 0.00146 e. The van der Waals surface area contributed by atoms with E-state index in [0.717, 1.165) is 8.58 Å². The fourth-order valence-corrected chi connectivity index (χ4v) is 3.79. The second-order valence-corrected chi connectivity index (χ2v) is 6.62. The molecule has 1 fully saturated rings. The minimum atomic E-state index is 0.969. The highest BCUT2D eigenvalue weighted by atomic mass is 31.1. The summed E-state index contributed by atoms with van der Waals surface area (Å²) in [4.78, 5) is 0. The zero-order valence-electron chi connectivity index (χ0n) is 11.0. The fraction of sp³-hybridized carbons (Fsp3) is 0.562. The van der Waals surface area contributed by atoms with E-state index in [1.54, 1.807) is 11.0 Å². The minimum absolute atomic E-state index is 0.969. The number of aryl methyl sites for hydroxylation is 1. The maximum absolute atomic E-state index is 2.35. The first kappa shape index (κ1) is 13.1. The summed E-state index contributed by atoms with van der Waals surface area (Å²) < 4.78 is 0. The van der Waals surface area contributed by atoms with Crippen molar-refractivity contribution in [3.63, 3.8) is 0 Å². The monoisotopic (exact) mass is 247 g/mol. The third kappa shape index (κ3) is 4.43. The summed E-state index contributed by atoms with van der Waals surface area (Å²) in [6, 6.07) is 9.37. The van der Waals surface area contributed by atoms with Gasteiger partial charge in [0.15, 0.2) is 0 Å². The molecule has 0 heterocycles. The first-order valence-corrected chi connectivity index (χ1v) is 8.09. The molecule has 1 aliphatic rings. The molecule has 0 aromatic heterocycles. The summed E-state index contributed by atoms with van der Waals surface area (Å²) in [6.07, 6.45) is 10.9. The minimum Gasteiger partial charge on any atom is -0.0831 e. The van der Waals surface area contributed by atoms with Gasteiger partial charge in [-0.1, -0.05) is 65.5 Å². The first-order chi connectivity index (χ1) is 8.38. The molecule has 2 rings (SSSR count). The lowest BCUT2D eigenvalue weighted by atomic mass is 10.0. The Hall–Kier alpha value is -0.350. The molecule has 1 aliphatic carbocycles. The number of benzene rings is 1. The third-order valence-corrected chi connectivity index (χ3v) is 5.03. The summed E-state index contributed by atoms with van der Waals surface area (Å²) in [6.45, 7) is 2.26. The summed E-state index contributed by atoms with van der Waals surface area (Å²) in [7, 11) is 0.969. The molecular formula is C16H24P. The van der Waals surface area contributed by atoms with Crippen LogP contribution in [-0.4, -0.2) is 0 Å². The Balaban J connectivity index is 1.84. The average molecular weight is 247 g/mol. The van der Waals surface area contributed by atoms with Crippen molar-refractivity contribution in [1.29, 1.82) is 0 Å². The molecule has 17 heavy (non-hydrogen) atoms. The topological polar surface area (TPSA) is 0 Å². The van der Waals surface area contributed by atoms with Gasteiger partial charge in [-0.05, 0) is 36.6 Å². The Labute approximate surface area is 108 Å². The van der Waals surface area contributed by atoms with Crippen LogP contribution in [0.3, 0.4) is 0 Å². The van der Waals surface area contributed by atoms with Crippen LogP contribution in [-0.2, 0) is 6.42 Å². The number of hydrogen-bond acceptors (Lipinski definition) is 0. The molecule has 0 nitrogen and oxygen atoms in total. The quantitative estimate of drug-likeness (QED) is 0.654. The SMILES string of the molecule is CCCCc1ccc(P[C]2CCCCC2)cc1. The van der Waals surface area contributed by atoms with E-state index in [9.17, 15) is 0 Å². The van der Waals surface area contributed by atoms with Crippen molar-refractivity contribution < 1.29 is 0 Å². The Morgan fingerprint density at radius 3 is 2.35 bits per heavy atom. The smallest absolute Gasteiger partial charge is 0.00146 e. The van der Waals surface area contributed by atoms with E-state index in [1.165, 1.54) is 56.9 Å². The van der Waals surface area contributed by atoms with Gasteiger partial charge in [-0.2, -0.15) is 0 Å². The number of hydrogen-bond donors (Lipinski definition) is 0. The zero-order chi connectivity index (χ0) is 11.9. The van der Waals surface area contributed by atoms with E-state index in [1.807, 2.05) is 0 Å². The van der Waals surface area contributed by atoms with Crippen LogP contribution in [0.2, 0.25) is 0 Å². The van der Waals surface area contributed by atoms with Crippen LogP contribution in [0.4, 0.5) is 0 Å². The normalized spacial score (nSPS) is 17.9. The van der Waals surface area contributed by atoms with Crippen molar-refractivity contribution in [2.75, 3.05) is 0 Å². The second-order valence-electron chi connectivity index (χ2n) is 5.09. The fourth-order valence-electron chi connectivity index (χ4n) is 2.44. The Morgan fingerprint density at radius 2 is 1.71 bits per heavy atom. The molecule has 0 spiro atoms. The summed E-state index contributed by atoms with van der Waals surface area (Å²) in [5, 5.41) is 1.54. The highest BCUT2D eigenvalue weighted by Gasteiger charge is 2.14. The molecule has 0 saturated heterocycles. The summed E-state index contributed by atoms with van der Waals surface area (Å²) >= 11 is 0. The lowest BCUT2D eigenvalue weighted by Crippen LogP contribution is -2.04. The molecule has 1 radical (unpaired) electrons. The van der Waals surface area contributed by atoms with Gasteiger partial charge < -0.3 is 0 Å². The number of rotatable bonds is 5. The lowest BCUT2D eigenvalue weighted by Gasteiger charge is -2.20. The molecule has 1 aromatic carbocycles. The van der Waals surface area contributed by atoms with E-state index in [-0.39, 0.29) is 0 Å². The van der Waals surface area contributed by atoms with Gasteiger partial charge in [0.1, 0.15) is 0 Å². The van der Waals surface area contributed by atoms with Gasteiger partial charge in [-0.25, -0.2) is 0 Å². The highest BCUT2D eigenvalue weighted by molar-refractivity contribution is 7.50. The lowest BCUT2D eigenvalue weighted by molar-refractivity contribution is 0.578. The third-order valence-electron chi connectivity index (χ3n) is 3.55. The molecule has 1 heteroatoms. The highest BCUT2D eigenvalue weighted by Crippen LogP contribution is 2.38. The van der Waals surface area contributed by atoms with E-state index in [2.05, 4.69) is 31.2 Å². The molecule has 0 aliphatic heterocycles. The number of unbranched alkanes of at least 4 members (excludes halogenated alkanes) is 1. The largest absolute Gasteiger partial charge is 0.0831 e. The van der Waals surface area contributed by atoms with Crippen molar-refractivity contribution >= 4 is 13.9 Å². The van der Waals surface area contributed by atoms with Crippen LogP contribution in [0.15, 0.2) is 24.3 Å². The van der Waals surface area contributed by atoms with E-state index < -0.39 is 0 Å². The van der Waals surface area contributed by atoms with Gasteiger partial charge in [-0.15, -0.1) is 0 Å². The molecule has 0 amide bonds. The van der Waals surface area contributed by atoms with E-state index in [0.29, 0.717) is 0 Å². The van der Waals surface area contributed by atoms with Crippen molar-refractivity contribution in [1.82, 2.24) is 0 Å². The van der Waals surface area contributed by atoms with Gasteiger partial charge in [-0.3, -0.25) is 0 Å². The molecule has 0 N–H and O–H groups in total. The van der Waals surface area contributed by atoms with Gasteiger partial charge in [0, 0.05) is 5.66 Å². The van der Waals surface area contributed by atoms with Crippen LogP contribution in [0.1, 0.15) is 57.4 Å². The van der Waals surface area contributed by atoms with Crippen molar-refractivity contribution in [2.45, 2.75) is 58.3 Å². The van der Waals surface area contributed by atoms with E-state index in [4.69, 9.17) is 0 Å². The Kier molecular flexibility index (Phi) is 5.52. The van der Waals surface area contributed by atoms with Crippen LogP contribution >= 0.6 is 8.58 Å². The zero-order valence-corrected chi connectivity index (χ0v) is 12.0. The molecular weight excluding hydrogens is 223 g/mol. The molecule has 1 unspecified atom stereocenters. The Bertz CT molecular complexity index is 309. The molecule has 0 bridgehead atoms. The predicted molar refractivity (Wildman–Crippen MR) is 79.3 cm³/mol. The predicted octanol–water partition coefficient (Wildman–Crippen LogP) is 4.83. The molecule has 1 saturated carbocycles. The van der Waals surface area contributed by atoms with Crippen molar-refractivity contribution in [2.24, 2.45) is 0 Å². The average Bonchev–Trinajstić information content (AvgIpc) is 2.39. The van der Waals surface area contributed by atoms with Crippen LogP contribution in [0, 0.1) is 5.66 Å². The molecule has 1 atom stereocenters. The standard InChI is InChI=1S/C16H24P/c1-2-3-7-14-10-12-16(13-11-14)17-15-8-5-4-6-9-15/h10-13,17H,2-9H2,1H3. The summed E-state index contributed by atoms with van der Waals surface area (Å²) in [5.74, 6) is 0. The Morgan fingerprint density at radius 1 is 1.00 bits per heavy atom. The summed E-state index contributed by atoms with van der Waals surface area (Å²) in [5.41, 5.74) is 3.31. The molecule has 1 aromatic rings. The van der Waals surface area contributed by atoms with Gasteiger partial charge in [0.05, 0.1) is 0 Å². The van der Waals surface area contributed by atoms with Gasteiger partial charge in [0.2, 0.25) is 0 Å². The van der Waals surface area contributed by atoms with Crippen LogP contribution in [0.25, 0.3) is 0 Å². The van der Waals surface area contributed by atoms with Crippen molar-refractivity contribution in [3.05, 3.63) is 35.5 Å². The van der Waals surface area contributed by atoms with E-state index >= 15 is 0 Å². The second kappa shape index (κ2) is 7.17.